The van der Waals surface area contributed by atoms with E-state index in [1.54, 1.807) is 0 Å². The van der Waals surface area contributed by atoms with Crippen LogP contribution in [0.1, 0.15) is 31.7 Å². The number of aliphatic hydroxyl groups excluding tert-OH is 1. The van der Waals surface area contributed by atoms with Gasteiger partial charge in [-0.1, -0.05) is 50.1 Å². The molecule has 1 aromatic carbocycles. The Bertz CT molecular complexity index is 293. The van der Waals surface area contributed by atoms with E-state index in [2.05, 4.69) is 19.1 Å². The lowest BCUT2D eigenvalue weighted by atomic mass is 9.89. The van der Waals surface area contributed by atoms with Crippen LogP contribution in [-0.2, 0) is 6.42 Å². The van der Waals surface area contributed by atoms with Crippen molar-refractivity contribution in [3.05, 3.63) is 35.9 Å². The van der Waals surface area contributed by atoms with Gasteiger partial charge in [0.1, 0.15) is 0 Å². The van der Waals surface area contributed by atoms with Gasteiger partial charge < -0.3 is 5.11 Å². The van der Waals surface area contributed by atoms with Crippen LogP contribution in [0, 0.1) is 11.8 Å². The molecule has 1 aliphatic carbocycles. The minimum Gasteiger partial charge on any atom is -0.392 e. The summed E-state index contributed by atoms with van der Waals surface area (Å²) in [5.74, 6) is 1.22. The maximum absolute atomic E-state index is 10.2. The summed E-state index contributed by atoms with van der Waals surface area (Å²) < 4.78 is 0. The molecule has 0 radical (unpaired) electrons. The fourth-order valence-electron chi connectivity index (χ4n) is 2.75. The monoisotopic (exact) mass is 204 g/mol. The quantitative estimate of drug-likeness (QED) is 0.802. The van der Waals surface area contributed by atoms with Crippen molar-refractivity contribution in [1.29, 1.82) is 0 Å². The topological polar surface area (TPSA) is 20.2 Å². The number of hydrogen-bond donors (Lipinski definition) is 1. The highest BCUT2D eigenvalue weighted by Crippen LogP contribution is 2.34. The molecule has 0 spiro atoms. The van der Waals surface area contributed by atoms with Gasteiger partial charge in [-0.2, -0.15) is 0 Å². The molecular formula is C14H20O. The normalized spacial score (nSPS) is 27.9. The smallest absolute Gasteiger partial charge is 0.0611 e. The fraction of sp³-hybridized carbons (Fsp3) is 0.571. The summed E-state index contributed by atoms with van der Waals surface area (Å²) in [6.07, 6.45) is 4.45. The Labute approximate surface area is 92.1 Å². The minimum atomic E-state index is -0.148. The van der Waals surface area contributed by atoms with Crippen molar-refractivity contribution in [3.63, 3.8) is 0 Å². The molecule has 0 bridgehead atoms. The molecule has 1 fully saturated rings. The first kappa shape index (κ1) is 10.7. The molecule has 0 heterocycles. The Kier molecular flexibility index (Phi) is 3.42. The van der Waals surface area contributed by atoms with Gasteiger partial charge in [0.15, 0.2) is 0 Å². The highest BCUT2D eigenvalue weighted by molar-refractivity contribution is 5.15. The van der Waals surface area contributed by atoms with E-state index >= 15 is 0 Å². The molecule has 1 heteroatoms. The number of benzene rings is 1. The van der Waals surface area contributed by atoms with Crippen molar-refractivity contribution < 1.29 is 5.11 Å². The van der Waals surface area contributed by atoms with Crippen LogP contribution in [0.3, 0.4) is 0 Å². The lowest BCUT2D eigenvalue weighted by Gasteiger charge is -2.22. The zero-order valence-corrected chi connectivity index (χ0v) is 9.39. The van der Waals surface area contributed by atoms with E-state index in [0.29, 0.717) is 11.8 Å². The predicted molar refractivity (Wildman–Crippen MR) is 62.7 cm³/mol. The third-order valence-corrected chi connectivity index (χ3v) is 3.71. The zero-order valence-electron chi connectivity index (χ0n) is 9.39. The molecule has 15 heavy (non-hydrogen) atoms. The lowest BCUT2D eigenvalue weighted by Crippen LogP contribution is -2.24. The van der Waals surface area contributed by atoms with Crippen molar-refractivity contribution in [2.75, 3.05) is 0 Å². The van der Waals surface area contributed by atoms with Gasteiger partial charge in [-0.05, 0) is 30.2 Å². The third-order valence-electron chi connectivity index (χ3n) is 3.71. The summed E-state index contributed by atoms with van der Waals surface area (Å²) in [7, 11) is 0. The van der Waals surface area contributed by atoms with Gasteiger partial charge in [0, 0.05) is 0 Å². The van der Waals surface area contributed by atoms with E-state index in [4.69, 9.17) is 0 Å². The van der Waals surface area contributed by atoms with Crippen LogP contribution in [0.2, 0.25) is 0 Å². The van der Waals surface area contributed by atoms with Crippen LogP contribution in [0.4, 0.5) is 0 Å². The largest absolute Gasteiger partial charge is 0.392 e. The SMILES string of the molecule is CC1CCCC1C(O)Cc1ccccc1. The van der Waals surface area contributed by atoms with E-state index in [1.807, 2.05) is 18.2 Å². The lowest BCUT2D eigenvalue weighted by molar-refractivity contribution is 0.0902. The van der Waals surface area contributed by atoms with Crippen LogP contribution >= 0.6 is 0 Å². The van der Waals surface area contributed by atoms with Crippen molar-refractivity contribution in [2.45, 2.75) is 38.7 Å². The van der Waals surface area contributed by atoms with Gasteiger partial charge in [0.05, 0.1) is 6.10 Å². The summed E-state index contributed by atoms with van der Waals surface area (Å²) in [5.41, 5.74) is 1.25. The van der Waals surface area contributed by atoms with Crippen LogP contribution in [0.5, 0.6) is 0 Å². The van der Waals surface area contributed by atoms with Crippen molar-refractivity contribution >= 4 is 0 Å². The summed E-state index contributed by atoms with van der Waals surface area (Å²) >= 11 is 0. The molecule has 2 rings (SSSR count). The first-order valence-electron chi connectivity index (χ1n) is 5.99. The Balaban J connectivity index is 1.94. The molecule has 82 valence electrons. The molecule has 1 aromatic rings. The Morgan fingerprint density at radius 2 is 2.00 bits per heavy atom. The highest BCUT2D eigenvalue weighted by Gasteiger charge is 2.29. The molecule has 0 aromatic heterocycles. The minimum absolute atomic E-state index is 0.148. The van der Waals surface area contributed by atoms with Gasteiger partial charge in [-0.25, -0.2) is 0 Å². The molecule has 1 nitrogen and oxygen atoms in total. The van der Waals surface area contributed by atoms with Gasteiger partial charge >= 0.3 is 0 Å². The standard InChI is InChI=1S/C14H20O/c1-11-6-5-9-13(11)14(15)10-12-7-3-2-4-8-12/h2-4,7-8,11,13-15H,5-6,9-10H2,1H3. The maximum atomic E-state index is 10.2. The van der Waals surface area contributed by atoms with Crippen LogP contribution in [0.25, 0.3) is 0 Å². The maximum Gasteiger partial charge on any atom is 0.0611 e. The Morgan fingerprint density at radius 1 is 1.27 bits per heavy atom. The average Bonchev–Trinajstić information content (AvgIpc) is 2.66. The highest BCUT2D eigenvalue weighted by atomic mass is 16.3. The third kappa shape index (κ3) is 2.60. The second-order valence-corrected chi connectivity index (χ2v) is 4.83. The zero-order chi connectivity index (χ0) is 10.7. The molecular weight excluding hydrogens is 184 g/mol. The number of rotatable bonds is 3. The molecule has 3 atom stereocenters. The molecule has 0 saturated heterocycles. The molecule has 3 unspecified atom stereocenters. The van der Waals surface area contributed by atoms with Crippen LogP contribution in [-0.4, -0.2) is 11.2 Å². The van der Waals surface area contributed by atoms with Crippen molar-refractivity contribution in [2.24, 2.45) is 11.8 Å². The van der Waals surface area contributed by atoms with Crippen LogP contribution < -0.4 is 0 Å². The van der Waals surface area contributed by atoms with Crippen molar-refractivity contribution in [3.8, 4) is 0 Å². The molecule has 0 aliphatic heterocycles. The van der Waals surface area contributed by atoms with E-state index in [-0.39, 0.29) is 6.10 Å². The number of hydrogen-bond acceptors (Lipinski definition) is 1. The van der Waals surface area contributed by atoms with Gasteiger partial charge in [-0.15, -0.1) is 0 Å². The van der Waals surface area contributed by atoms with E-state index in [9.17, 15) is 5.11 Å². The summed E-state index contributed by atoms with van der Waals surface area (Å²) in [4.78, 5) is 0. The van der Waals surface area contributed by atoms with E-state index in [1.165, 1.54) is 24.8 Å². The predicted octanol–water partition coefficient (Wildman–Crippen LogP) is 3.03. The summed E-state index contributed by atoms with van der Waals surface area (Å²) in [5, 5.41) is 10.2. The van der Waals surface area contributed by atoms with Gasteiger partial charge in [0.2, 0.25) is 0 Å². The molecule has 1 aliphatic rings. The second kappa shape index (κ2) is 4.80. The van der Waals surface area contributed by atoms with Crippen LogP contribution in [0.15, 0.2) is 30.3 Å². The van der Waals surface area contributed by atoms with Crippen molar-refractivity contribution in [1.82, 2.24) is 0 Å². The first-order valence-corrected chi connectivity index (χ1v) is 5.99. The summed E-state index contributed by atoms with van der Waals surface area (Å²) in [6, 6.07) is 10.3. The molecule has 0 amide bonds. The average molecular weight is 204 g/mol. The fourth-order valence-corrected chi connectivity index (χ4v) is 2.75. The van der Waals surface area contributed by atoms with Gasteiger partial charge in [-0.3, -0.25) is 0 Å². The molecule has 1 N–H and O–H groups in total. The number of aliphatic hydroxyl groups is 1. The van der Waals surface area contributed by atoms with E-state index < -0.39 is 0 Å². The van der Waals surface area contributed by atoms with E-state index in [0.717, 1.165) is 6.42 Å². The summed E-state index contributed by atoms with van der Waals surface area (Å²) in [6.45, 7) is 2.27. The Morgan fingerprint density at radius 3 is 2.60 bits per heavy atom. The molecule has 1 saturated carbocycles. The van der Waals surface area contributed by atoms with Gasteiger partial charge in [0.25, 0.3) is 0 Å². The first-order chi connectivity index (χ1) is 7.27. The second-order valence-electron chi connectivity index (χ2n) is 4.83. The Hall–Kier alpha value is -0.820.